The Labute approximate surface area is 78.7 Å². The first-order valence-corrected chi connectivity index (χ1v) is 0. The minimum atomic E-state index is 0. The van der Waals surface area contributed by atoms with E-state index in [0.29, 0.717) is 0 Å². The van der Waals surface area contributed by atoms with Crippen LogP contribution in [-0.2, 0) is 0 Å². The van der Waals surface area contributed by atoms with Gasteiger partial charge in [0.05, 0.1) is 0 Å². The third-order valence-corrected chi connectivity index (χ3v) is 0. The van der Waals surface area contributed by atoms with Crippen LogP contribution in [0.3, 0.4) is 0 Å². The molecule has 0 amide bonds. The van der Waals surface area contributed by atoms with E-state index in [2.05, 4.69) is 0 Å². The second-order valence-electron chi connectivity index (χ2n) is 0. The molecule has 18 valence electrons. The van der Waals surface area contributed by atoms with Crippen molar-refractivity contribution in [2.24, 2.45) is 0 Å². The van der Waals surface area contributed by atoms with Gasteiger partial charge in [-0.05, 0) is 0 Å². The maximum absolute atomic E-state index is 0. The van der Waals surface area contributed by atoms with Gasteiger partial charge in [0.25, 0.3) is 0 Å². The van der Waals surface area contributed by atoms with Gasteiger partial charge >= 0.3 is 67.7 Å². The van der Waals surface area contributed by atoms with Crippen molar-refractivity contribution in [3.05, 3.63) is 0 Å². The van der Waals surface area contributed by atoms with Gasteiger partial charge < -0.3 is 12.4 Å². The van der Waals surface area contributed by atoms with Crippen LogP contribution in [0.2, 0.25) is 0 Å². The molecule has 0 unspecified atom stereocenters. The van der Waals surface area contributed by atoms with Gasteiger partial charge in [-0.15, -0.1) is 0 Å². The summed E-state index contributed by atoms with van der Waals surface area (Å²) in [4.78, 5) is 0. The summed E-state index contributed by atoms with van der Waals surface area (Å²) in [5.74, 6) is 0. The maximum Gasteiger partial charge on any atom is 2.00 e. The van der Waals surface area contributed by atoms with E-state index < -0.39 is 0 Å². The first-order valence-electron chi connectivity index (χ1n) is 0. The molecule has 0 saturated carbocycles. The number of hydrogen-bond acceptors (Lipinski definition) is 2. The predicted molar refractivity (Wildman–Crippen MR) is 10.7 cm³/mol. The number of hydrogen-bond donors (Lipinski definition) is 0. The summed E-state index contributed by atoms with van der Waals surface area (Å²) in [6.07, 6.45) is 0. The summed E-state index contributed by atoms with van der Waals surface area (Å²) in [6.45, 7) is 0. The van der Waals surface area contributed by atoms with Gasteiger partial charge in [0.1, 0.15) is 0 Å². The smallest absolute Gasteiger partial charge is 1.00 e. The monoisotopic (exact) mass is 180 g/mol. The first-order chi connectivity index (χ1) is 0. The van der Waals surface area contributed by atoms with Crippen LogP contribution in [0.25, 0.3) is 0 Å². The van der Waals surface area contributed by atoms with Gasteiger partial charge in [-0.3, -0.25) is 0 Å². The van der Waals surface area contributed by atoms with E-state index in [9.17, 15) is 0 Å². The molecule has 0 rings (SSSR count). The zero-order chi connectivity index (χ0) is 0. The van der Waals surface area contributed by atoms with E-state index in [1.807, 2.05) is 0 Å². The molecule has 4 heteroatoms. The third kappa shape index (κ3) is 8.94. The van der Waals surface area contributed by atoms with E-state index in [4.69, 9.17) is 0 Å². The van der Waals surface area contributed by atoms with Gasteiger partial charge in [0, 0.05) is 0 Å². The molecule has 0 aliphatic rings. The Morgan fingerprint density at radius 2 is 1.00 bits per heavy atom. The quantitative estimate of drug-likeness (QED) is 0.361. The molecule has 0 radical (unpaired) electrons. The molecule has 0 heterocycles. The normalized spacial score (nSPS) is 0. The van der Waals surface area contributed by atoms with Gasteiger partial charge in [-0.2, -0.15) is 0 Å². The molecule has 0 fully saturated rings. The van der Waals surface area contributed by atoms with E-state index in [1.165, 1.54) is 0 Å². The van der Waals surface area contributed by atoms with Crippen LogP contribution in [0.5, 0.6) is 0 Å². The minimum absolute atomic E-state index is 0. The summed E-state index contributed by atoms with van der Waals surface area (Å²) in [6, 6.07) is 0. The molecule has 2 N–H and O–H groups in total. The molecule has 2 nitrogen and oxygen atoms in total. The molecule has 0 aliphatic heterocycles. The van der Waals surface area contributed by atoms with Gasteiger partial charge in [0.15, 0.2) is 0 Å². The van der Waals surface area contributed by atoms with Crippen molar-refractivity contribution in [3.63, 3.8) is 0 Å². The largest absolute Gasteiger partial charge is 2.00 e. The van der Waals surface area contributed by atoms with Crippen molar-refractivity contribution < 1.29 is 31.2 Å². The maximum atomic E-state index is 0. The second kappa shape index (κ2) is 19.5. The predicted octanol–water partition coefficient (Wildman–Crippen LogP) is -3.62. The second-order valence-corrected chi connectivity index (χ2v) is 0. The summed E-state index contributed by atoms with van der Waals surface area (Å²) in [5.41, 5.74) is 0. The van der Waals surface area contributed by atoms with Crippen LogP contribution >= 0.6 is 0 Å². The van der Waals surface area contributed by atoms with Crippen molar-refractivity contribution >= 4 is 48.9 Å². The zero-order valence-corrected chi connectivity index (χ0v) is 7.04. The molecular formula is H3BaLiO2. The first kappa shape index (κ1) is 36.1. The topological polar surface area (TPSA) is 60.0 Å². The molecular weight excluding hydrogens is 176 g/mol. The number of rotatable bonds is 0. The van der Waals surface area contributed by atoms with Crippen molar-refractivity contribution in [2.45, 2.75) is 0 Å². The molecule has 0 aliphatic carbocycles. The Morgan fingerprint density at radius 1 is 1.00 bits per heavy atom. The summed E-state index contributed by atoms with van der Waals surface area (Å²) in [7, 11) is 0. The molecule has 0 saturated heterocycles. The Balaban J connectivity index is 0. The van der Waals surface area contributed by atoms with E-state index in [0.717, 1.165) is 0 Å². The van der Waals surface area contributed by atoms with Gasteiger partial charge in [0.2, 0.25) is 0 Å². The fourth-order valence-corrected chi connectivity index (χ4v) is 0. The summed E-state index contributed by atoms with van der Waals surface area (Å²) in [5, 5.41) is 0. The van der Waals surface area contributed by atoms with Crippen LogP contribution in [0, 0.1) is 0 Å². The Hall–Kier alpha value is 2.09. The van der Waals surface area contributed by atoms with Crippen molar-refractivity contribution in [1.29, 1.82) is 0 Å². The van der Waals surface area contributed by atoms with Crippen LogP contribution in [-0.4, -0.2) is 59.8 Å². The van der Waals surface area contributed by atoms with E-state index in [1.54, 1.807) is 0 Å². The molecule has 0 bridgehead atoms. The minimum Gasteiger partial charge on any atom is -1.00 e. The fraction of sp³-hybridized carbons (Fsp3) is 0. The summed E-state index contributed by atoms with van der Waals surface area (Å²) >= 11 is 0. The third-order valence-electron chi connectivity index (χ3n) is 0. The van der Waals surface area contributed by atoms with E-state index in [-0.39, 0.29) is 80.1 Å². The Bertz CT molecular complexity index is 9.61. The molecule has 0 aromatic carbocycles. The van der Waals surface area contributed by atoms with Crippen LogP contribution in [0.4, 0.5) is 0 Å². The Kier molecular flexibility index (Phi) is 176. The van der Waals surface area contributed by atoms with Crippen molar-refractivity contribution in [1.82, 2.24) is 0 Å². The molecule has 4 heavy (non-hydrogen) atoms. The van der Waals surface area contributed by atoms with E-state index >= 15 is 0 Å². The summed E-state index contributed by atoms with van der Waals surface area (Å²) < 4.78 is 0. The van der Waals surface area contributed by atoms with Crippen molar-refractivity contribution in [3.8, 4) is 0 Å². The SMILES string of the molecule is [Ba+2].[H-].[Li+].[OH-].[OH-]. The molecule has 0 aromatic heterocycles. The Morgan fingerprint density at radius 3 is 1.00 bits per heavy atom. The zero-order valence-electron chi connectivity index (χ0n) is 3.60. The molecule has 0 aromatic rings. The average Bonchev–Trinajstić information content (AvgIpc) is 0. The van der Waals surface area contributed by atoms with Crippen LogP contribution < -0.4 is 18.9 Å². The van der Waals surface area contributed by atoms with Gasteiger partial charge in [-0.1, -0.05) is 0 Å². The fourth-order valence-electron chi connectivity index (χ4n) is 0. The molecule has 0 atom stereocenters. The standard InChI is InChI=1S/Ba.Li.2H2O.H/h;;2*1H2;/q+2;+1;;;-1/p-2. The van der Waals surface area contributed by atoms with Crippen molar-refractivity contribution in [2.75, 3.05) is 0 Å². The van der Waals surface area contributed by atoms with Gasteiger partial charge in [-0.25, -0.2) is 0 Å². The molecule has 0 spiro atoms. The van der Waals surface area contributed by atoms with Crippen LogP contribution in [0.1, 0.15) is 1.43 Å². The average molecular weight is 179 g/mol. The van der Waals surface area contributed by atoms with Crippen LogP contribution in [0.15, 0.2) is 0 Å².